The molecule has 0 radical (unpaired) electrons. The van der Waals surface area contributed by atoms with E-state index in [1.54, 1.807) is 6.07 Å². The fourth-order valence-corrected chi connectivity index (χ4v) is 3.91. The van der Waals surface area contributed by atoms with Gasteiger partial charge in [-0.2, -0.15) is 0 Å². The van der Waals surface area contributed by atoms with Crippen LogP contribution in [0, 0.1) is 0 Å². The number of ether oxygens (including phenoxy) is 1. The second-order valence-corrected chi connectivity index (χ2v) is 7.41. The van der Waals surface area contributed by atoms with Crippen LogP contribution < -0.4 is 9.46 Å². The molecule has 1 heterocycles. The summed E-state index contributed by atoms with van der Waals surface area (Å²) in [5, 5.41) is 0.285. The number of halogens is 1. The van der Waals surface area contributed by atoms with E-state index in [1.165, 1.54) is 32.1 Å². The number of hydrogen-bond donors (Lipinski definition) is 1. The third-order valence-corrected chi connectivity index (χ3v) is 5.48. The average molecular weight is 333 g/mol. The van der Waals surface area contributed by atoms with Crippen LogP contribution >= 0.6 is 11.6 Å². The lowest BCUT2D eigenvalue weighted by molar-refractivity contribution is 0.260. The molecule has 1 atom stereocenters. The molecule has 0 saturated carbocycles. The van der Waals surface area contributed by atoms with E-state index in [1.807, 2.05) is 6.92 Å². The SMILES string of the molecule is COc1ccc(S(=O)(=O)NC[C@H](C)N2CCCC2)cc1Cl. The number of hydrogen-bond acceptors (Lipinski definition) is 4. The zero-order chi connectivity index (χ0) is 15.5. The maximum Gasteiger partial charge on any atom is 0.240 e. The minimum Gasteiger partial charge on any atom is -0.495 e. The zero-order valence-electron chi connectivity index (χ0n) is 12.3. The van der Waals surface area contributed by atoms with Gasteiger partial charge in [-0.15, -0.1) is 0 Å². The van der Waals surface area contributed by atoms with Crippen molar-refractivity contribution in [1.29, 1.82) is 0 Å². The first-order valence-corrected chi connectivity index (χ1v) is 8.87. The molecule has 1 saturated heterocycles. The maximum absolute atomic E-state index is 12.3. The third kappa shape index (κ3) is 4.10. The second-order valence-electron chi connectivity index (χ2n) is 5.24. The normalized spacial score (nSPS) is 17.9. The van der Waals surface area contributed by atoms with Crippen molar-refractivity contribution in [3.05, 3.63) is 23.2 Å². The molecular weight excluding hydrogens is 312 g/mol. The molecule has 0 unspecified atom stereocenters. The van der Waals surface area contributed by atoms with E-state index in [0.717, 1.165) is 13.1 Å². The summed E-state index contributed by atoms with van der Waals surface area (Å²) in [6.07, 6.45) is 2.37. The molecule has 0 bridgehead atoms. The van der Waals surface area contributed by atoms with Crippen LogP contribution in [0.1, 0.15) is 19.8 Å². The number of nitrogens with one attached hydrogen (secondary N) is 1. The number of benzene rings is 1. The highest BCUT2D eigenvalue weighted by Gasteiger charge is 2.21. The zero-order valence-corrected chi connectivity index (χ0v) is 13.9. The molecule has 5 nitrogen and oxygen atoms in total. The molecular formula is C14H21ClN2O3S. The Bertz CT molecular complexity index is 586. The van der Waals surface area contributed by atoms with Gasteiger partial charge >= 0.3 is 0 Å². The van der Waals surface area contributed by atoms with Crippen molar-refractivity contribution >= 4 is 21.6 Å². The summed E-state index contributed by atoms with van der Waals surface area (Å²) in [7, 11) is -2.06. The van der Waals surface area contributed by atoms with E-state index in [0.29, 0.717) is 12.3 Å². The first kappa shape index (κ1) is 16.5. The molecule has 0 spiro atoms. The first-order chi connectivity index (χ1) is 9.94. The van der Waals surface area contributed by atoms with Crippen molar-refractivity contribution < 1.29 is 13.2 Å². The van der Waals surface area contributed by atoms with Crippen molar-refractivity contribution in [3.8, 4) is 5.75 Å². The van der Waals surface area contributed by atoms with Gasteiger partial charge in [-0.25, -0.2) is 13.1 Å². The molecule has 0 amide bonds. The summed E-state index contributed by atoms with van der Waals surface area (Å²) in [4.78, 5) is 2.45. The lowest BCUT2D eigenvalue weighted by Crippen LogP contribution is -2.40. The molecule has 0 aromatic heterocycles. The molecule has 0 aliphatic carbocycles. The fourth-order valence-electron chi connectivity index (χ4n) is 2.44. The Morgan fingerprint density at radius 1 is 1.38 bits per heavy atom. The van der Waals surface area contributed by atoms with Gasteiger partial charge in [0.1, 0.15) is 5.75 Å². The summed E-state index contributed by atoms with van der Waals surface area (Å²) in [5.74, 6) is 0.459. The second kappa shape index (κ2) is 6.96. The van der Waals surface area contributed by atoms with Crippen LogP contribution in [0.3, 0.4) is 0 Å². The summed E-state index contributed by atoms with van der Waals surface area (Å²) < 4.78 is 32.2. The van der Waals surface area contributed by atoms with Crippen LogP contribution in [0.25, 0.3) is 0 Å². The predicted octanol–water partition coefficient (Wildman–Crippen LogP) is 2.11. The lowest BCUT2D eigenvalue weighted by atomic mass is 10.3. The summed E-state index contributed by atoms with van der Waals surface area (Å²) in [5.41, 5.74) is 0. The molecule has 1 aromatic carbocycles. The maximum atomic E-state index is 12.3. The largest absolute Gasteiger partial charge is 0.495 e. The molecule has 1 aromatic rings. The quantitative estimate of drug-likeness (QED) is 0.866. The Morgan fingerprint density at radius 3 is 2.62 bits per heavy atom. The highest BCUT2D eigenvalue weighted by atomic mass is 35.5. The first-order valence-electron chi connectivity index (χ1n) is 7.01. The van der Waals surface area contributed by atoms with Crippen molar-refractivity contribution in [3.63, 3.8) is 0 Å². The summed E-state index contributed by atoms with van der Waals surface area (Å²) in [6.45, 7) is 4.51. The predicted molar refractivity (Wildman–Crippen MR) is 83.5 cm³/mol. The molecule has 7 heteroatoms. The Kier molecular flexibility index (Phi) is 5.48. The average Bonchev–Trinajstić information content (AvgIpc) is 2.99. The van der Waals surface area contributed by atoms with Crippen LogP contribution in [0.5, 0.6) is 5.75 Å². The highest BCUT2D eigenvalue weighted by molar-refractivity contribution is 7.89. The smallest absolute Gasteiger partial charge is 0.240 e. The minimum atomic E-state index is -3.55. The van der Waals surface area contributed by atoms with E-state index < -0.39 is 10.0 Å². The molecule has 21 heavy (non-hydrogen) atoms. The molecule has 1 fully saturated rings. The van der Waals surface area contributed by atoms with E-state index in [-0.39, 0.29) is 16.0 Å². The topological polar surface area (TPSA) is 58.6 Å². The summed E-state index contributed by atoms with van der Waals surface area (Å²) >= 11 is 5.98. The minimum absolute atomic E-state index is 0.155. The molecule has 1 N–H and O–H groups in total. The van der Waals surface area contributed by atoms with Gasteiger partial charge < -0.3 is 4.74 Å². The van der Waals surface area contributed by atoms with Crippen molar-refractivity contribution in [1.82, 2.24) is 9.62 Å². The van der Waals surface area contributed by atoms with Crippen molar-refractivity contribution in [2.24, 2.45) is 0 Å². The van der Waals surface area contributed by atoms with Crippen LogP contribution in [0.4, 0.5) is 0 Å². The van der Waals surface area contributed by atoms with Gasteiger partial charge in [0.2, 0.25) is 10.0 Å². The van der Waals surface area contributed by atoms with Gasteiger partial charge in [-0.3, -0.25) is 4.90 Å². The third-order valence-electron chi connectivity index (χ3n) is 3.77. The lowest BCUT2D eigenvalue weighted by Gasteiger charge is -2.23. The number of rotatable bonds is 6. The number of methoxy groups -OCH3 is 1. The van der Waals surface area contributed by atoms with Gasteiger partial charge in [-0.1, -0.05) is 11.6 Å². The molecule has 118 valence electrons. The van der Waals surface area contributed by atoms with E-state index in [2.05, 4.69) is 9.62 Å². The number of likely N-dealkylation sites (tertiary alicyclic amines) is 1. The van der Waals surface area contributed by atoms with Crippen LogP contribution in [-0.4, -0.2) is 46.1 Å². The van der Waals surface area contributed by atoms with Crippen LogP contribution in [-0.2, 0) is 10.0 Å². The van der Waals surface area contributed by atoms with Gasteiger partial charge in [0.25, 0.3) is 0 Å². The Hall–Kier alpha value is -0.820. The molecule has 2 rings (SSSR count). The van der Waals surface area contributed by atoms with Crippen molar-refractivity contribution in [2.75, 3.05) is 26.7 Å². The number of sulfonamides is 1. The molecule has 1 aliphatic heterocycles. The van der Waals surface area contributed by atoms with Gasteiger partial charge in [-0.05, 0) is 51.1 Å². The van der Waals surface area contributed by atoms with Crippen LogP contribution in [0.15, 0.2) is 23.1 Å². The molecule has 1 aliphatic rings. The van der Waals surface area contributed by atoms with Gasteiger partial charge in [0.05, 0.1) is 17.0 Å². The Labute approximate surface area is 131 Å². The van der Waals surface area contributed by atoms with Crippen LogP contribution in [0.2, 0.25) is 5.02 Å². The fraction of sp³-hybridized carbons (Fsp3) is 0.571. The van der Waals surface area contributed by atoms with E-state index >= 15 is 0 Å². The highest BCUT2D eigenvalue weighted by Crippen LogP contribution is 2.26. The van der Waals surface area contributed by atoms with Gasteiger partial charge in [0, 0.05) is 12.6 Å². The Balaban J connectivity index is 2.02. The van der Waals surface area contributed by atoms with Crippen molar-refractivity contribution in [2.45, 2.75) is 30.7 Å². The summed E-state index contributed by atoms with van der Waals surface area (Å²) in [6, 6.07) is 4.65. The standard InChI is InChI=1S/C14H21ClN2O3S/c1-11(17-7-3-4-8-17)10-16-21(18,19)12-5-6-14(20-2)13(15)9-12/h5-6,9,11,16H,3-4,7-8,10H2,1-2H3/t11-/m0/s1. The van der Waals surface area contributed by atoms with E-state index in [9.17, 15) is 8.42 Å². The monoisotopic (exact) mass is 332 g/mol. The Morgan fingerprint density at radius 2 is 2.05 bits per heavy atom. The van der Waals surface area contributed by atoms with Gasteiger partial charge in [0.15, 0.2) is 0 Å². The van der Waals surface area contributed by atoms with E-state index in [4.69, 9.17) is 16.3 Å². The number of nitrogens with zero attached hydrogens (tertiary/aromatic N) is 1.